The average Bonchev–Trinajstić information content (AvgIpc) is 3.20. The summed E-state index contributed by atoms with van der Waals surface area (Å²) in [4.78, 5) is 24.9. The van der Waals surface area contributed by atoms with E-state index in [9.17, 15) is 9.18 Å². The van der Waals surface area contributed by atoms with E-state index in [2.05, 4.69) is 37.2 Å². The van der Waals surface area contributed by atoms with Gasteiger partial charge < -0.3 is 25.2 Å². The highest BCUT2D eigenvalue weighted by molar-refractivity contribution is 6.02. The highest BCUT2D eigenvalue weighted by atomic mass is 19.1. The first-order valence-electron chi connectivity index (χ1n) is 12.4. The van der Waals surface area contributed by atoms with Crippen LogP contribution in [0.15, 0.2) is 49.3 Å². The number of amides is 1. The average molecular weight is 533 g/mol. The summed E-state index contributed by atoms with van der Waals surface area (Å²) in [6.45, 7) is 8.98. The first kappa shape index (κ1) is 27.5. The summed E-state index contributed by atoms with van der Waals surface area (Å²) in [5.41, 5.74) is 5.33. The topological polar surface area (TPSA) is 99.9 Å². The van der Waals surface area contributed by atoms with Crippen LogP contribution in [0.25, 0.3) is 16.8 Å². The molecule has 3 aromatic heterocycles. The summed E-state index contributed by atoms with van der Waals surface area (Å²) in [5, 5.41) is 10.4. The van der Waals surface area contributed by atoms with E-state index in [1.807, 2.05) is 52.0 Å². The van der Waals surface area contributed by atoms with E-state index >= 15 is 0 Å². The number of hydrogen-bond donors (Lipinski definition) is 2. The van der Waals surface area contributed by atoms with Crippen molar-refractivity contribution in [1.29, 1.82) is 0 Å². The Kier molecular flexibility index (Phi) is 8.10. The predicted molar refractivity (Wildman–Crippen MR) is 153 cm³/mol. The number of rotatable bonds is 10. The number of halogens is 1. The maximum Gasteiger partial charge on any atom is 0.247 e. The van der Waals surface area contributed by atoms with Gasteiger partial charge in [-0.1, -0.05) is 6.58 Å². The number of aryl methyl sites for hydroxylation is 2. The number of ether oxygens (including phenoxy) is 1. The second-order valence-corrected chi connectivity index (χ2v) is 9.46. The molecule has 3 heterocycles. The fraction of sp³-hybridized carbons (Fsp3) is 0.286. The van der Waals surface area contributed by atoms with Crippen LogP contribution in [0.3, 0.4) is 0 Å². The molecule has 0 spiro atoms. The Labute approximate surface area is 227 Å². The number of hydrogen-bond acceptors (Lipinski definition) is 8. The predicted octanol–water partition coefficient (Wildman–Crippen LogP) is 4.42. The van der Waals surface area contributed by atoms with Gasteiger partial charge in [0.2, 0.25) is 11.9 Å². The second kappa shape index (κ2) is 11.5. The van der Waals surface area contributed by atoms with Gasteiger partial charge in [0.25, 0.3) is 0 Å². The number of anilines is 4. The van der Waals surface area contributed by atoms with Crippen molar-refractivity contribution in [2.45, 2.75) is 13.8 Å². The van der Waals surface area contributed by atoms with Crippen molar-refractivity contribution in [3.05, 3.63) is 66.4 Å². The Morgan fingerprint density at radius 2 is 1.95 bits per heavy atom. The molecule has 11 heteroatoms. The number of pyridine rings is 1. The van der Waals surface area contributed by atoms with E-state index in [1.165, 1.54) is 6.08 Å². The molecular weight excluding hydrogens is 499 g/mol. The van der Waals surface area contributed by atoms with Crippen LogP contribution in [0.4, 0.5) is 27.4 Å². The fourth-order valence-corrected chi connectivity index (χ4v) is 4.09. The van der Waals surface area contributed by atoms with Crippen molar-refractivity contribution >= 4 is 34.4 Å². The van der Waals surface area contributed by atoms with Crippen molar-refractivity contribution in [3.8, 4) is 17.0 Å². The molecular formula is C28H33FN8O2. The first-order chi connectivity index (χ1) is 18.6. The number of methoxy groups -OCH3 is 1. The lowest BCUT2D eigenvalue weighted by Gasteiger charge is -2.26. The molecule has 0 bridgehead atoms. The van der Waals surface area contributed by atoms with Gasteiger partial charge in [-0.05, 0) is 57.8 Å². The van der Waals surface area contributed by atoms with Gasteiger partial charge in [0, 0.05) is 38.0 Å². The summed E-state index contributed by atoms with van der Waals surface area (Å²) in [6, 6.07) is 7.17. The maximum absolute atomic E-state index is 14.9. The van der Waals surface area contributed by atoms with Gasteiger partial charge in [-0.2, -0.15) is 5.10 Å². The number of aromatic nitrogens is 4. The van der Waals surface area contributed by atoms with Crippen molar-refractivity contribution in [3.63, 3.8) is 0 Å². The monoisotopic (exact) mass is 532 g/mol. The Bertz CT molecular complexity index is 1530. The molecule has 4 rings (SSSR count). The Balaban J connectivity index is 1.72. The third-order valence-electron chi connectivity index (χ3n) is 6.44. The molecule has 2 N–H and O–H groups in total. The maximum atomic E-state index is 14.9. The minimum Gasteiger partial charge on any atom is -0.494 e. The van der Waals surface area contributed by atoms with Crippen LogP contribution in [-0.2, 0) is 4.79 Å². The molecule has 0 radical (unpaired) electrons. The van der Waals surface area contributed by atoms with Crippen LogP contribution in [-0.4, -0.2) is 71.7 Å². The van der Waals surface area contributed by atoms with E-state index in [0.29, 0.717) is 29.2 Å². The lowest BCUT2D eigenvalue weighted by molar-refractivity contribution is -0.111. The number of nitrogens with zero attached hydrogens (tertiary/aromatic N) is 6. The standard InChI is InChI=1S/C28H33FN8O2/c1-8-26(38)31-21-14-22(25(39-7)15-24(21)36(6)12-11-35(4)5)32-28-30-16-20(29)27(33-28)19-9-10-37-23(13-19)17(2)18(3)34-37/h8-10,13-16H,1,11-12H2,2-7H3,(H,31,38)(H,30,32,33). The smallest absolute Gasteiger partial charge is 0.247 e. The minimum atomic E-state index is -0.553. The number of carbonyl (C=O) groups is 1. The number of nitrogens with one attached hydrogen (secondary N) is 2. The zero-order valence-corrected chi connectivity index (χ0v) is 23.0. The van der Waals surface area contributed by atoms with Gasteiger partial charge >= 0.3 is 0 Å². The molecule has 0 saturated heterocycles. The van der Waals surface area contributed by atoms with Crippen LogP contribution in [0, 0.1) is 19.7 Å². The van der Waals surface area contributed by atoms with E-state index in [-0.39, 0.29) is 17.5 Å². The Hall–Kier alpha value is -4.51. The largest absolute Gasteiger partial charge is 0.494 e. The van der Waals surface area contributed by atoms with Crippen molar-refractivity contribution in [1.82, 2.24) is 24.5 Å². The molecule has 1 aromatic carbocycles. The van der Waals surface area contributed by atoms with E-state index < -0.39 is 5.82 Å². The molecule has 0 unspecified atom stereocenters. The van der Waals surface area contributed by atoms with Crippen LogP contribution in [0.1, 0.15) is 11.3 Å². The molecule has 0 fully saturated rings. The summed E-state index contributed by atoms with van der Waals surface area (Å²) < 4.78 is 22.3. The van der Waals surface area contributed by atoms with E-state index in [4.69, 9.17) is 4.74 Å². The quantitative estimate of drug-likeness (QED) is 0.290. The van der Waals surface area contributed by atoms with Crippen molar-refractivity contribution in [2.24, 2.45) is 0 Å². The van der Waals surface area contributed by atoms with Crippen LogP contribution < -0.4 is 20.3 Å². The van der Waals surface area contributed by atoms with Gasteiger partial charge in [0.1, 0.15) is 11.4 Å². The lowest BCUT2D eigenvalue weighted by atomic mass is 10.1. The summed E-state index contributed by atoms with van der Waals surface area (Å²) in [7, 11) is 7.47. The molecule has 0 saturated carbocycles. The van der Waals surface area contributed by atoms with Crippen molar-refractivity contribution in [2.75, 3.05) is 56.9 Å². The highest BCUT2D eigenvalue weighted by Gasteiger charge is 2.18. The molecule has 10 nitrogen and oxygen atoms in total. The van der Waals surface area contributed by atoms with Crippen molar-refractivity contribution < 1.29 is 13.9 Å². The zero-order valence-electron chi connectivity index (χ0n) is 23.0. The van der Waals surface area contributed by atoms with E-state index in [0.717, 1.165) is 35.2 Å². The SMILES string of the molecule is C=CC(=O)Nc1cc(Nc2ncc(F)c(-c3ccn4nc(C)c(C)c4c3)n2)c(OC)cc1N(C)CCN(C)C. The molecule has 0 aliphatic rings. The van der Waals surface area contributed by atoms with Gasteiger partial charge in [-0.25, -0.2) is 18.9 Å². The molecule has 204 valence electrons. The number of fused-ring (bicyclic) bond motifs is 1. The Morgan fingerprint density at radius 3 is 2.64 bits per heavy atom. The van der Waals surface area contributed by atoms with Gasteiger partial charge in [0.15, 0.2) is 5.82 Å². The molecule has 1 amide bonds. The third-order valence-corrected chi connectivity index (χ3v) is 6.44. The van der Waals surface area contributed by atoms with Gasteiger partial charge in [-0.3, -0.25) is 4.79 Å². The van der Waals surface area contributed by atoms with Crippen LogP contribution >= 0.6 is 0 Å². The highest BCUT2D eigenvalue weighted by Crippen LogP contribution is 2.38. The van der Waals surface area contributed by atoms with Crippen LogP contribution in [0.5, 0.6) is 5.75 Å². The normalized spacial score (nSPS) is 11.1. The summed E-state index contributed by atoms with van der Waals surface area (Å²) in [5.74, 6) is -0.239. The number of carbonyl (C=O) groups excluding carboxylic acids is 1. The molecule has 4 aromatic rings. The van der Waals surface area contributed by atoms with Gasteiger partial charge in [0.05, 0.1) is 41.6 Å². The number of benzene rings is 1. The van der Waals surface area contributed by atoms with Gasteiger partial charge in [-0.15, -0.1) is 0 Å². The third kappa shape index (κ3) is 5.99. The number of likely N-dealkylation sites (N-methyl/N-ethyl adjacent to an activating group) is 2. The minimum absolute atomic E-state index is 0.146. The molecule has 0 atom stereocenters. The summed E-state index contributed by atoms with van der Waals surface area (Å²) in [6.07, 6.45) is 4.11. The summed E-state index contributed by atoms with van der Waals surface area (Å²) >= 11 is 0. The lowest BCUT2D eigenvalue weighted by Crippen LogP contribution is -2.29. The van der Waals surface area contributed by atoms with Crippen LogP contribution in [0.2, 0.25) is 0 Å². The molecule has 0 aliphatic carbocycles. The molecule has 0 aliphatic heterocycles. The Morgan fingerprint density at radius 1 is 1.18 bits per heavy atom. The fourth-order valence-electron chi connectivity index (χ4n) is 4.09. The zero-order chi connectivity index (χ0) is 28.3. The first-order valence-corrected chi connectivity index (χ1v) is 12.4. The van der Waals surface area contributed by atoms with E-state index in [1.54, 1.807) is 30.0 Å². The molecule has 39 heavy (non-hydrogen) atoms. The second-order valence-electron chi connectivity index (χ2n) is 9.46.